The Kier molecular flexibility index (Phi) is 17.4. The smallest absolute Gasteiger partial charge is 0.303 e. The maximum Gasteiger partial charge on any atom is 0.303 e. The predicted octanol–water partition coefficient (Wildman–Crippen LogP) is 5.38. The summed E-state index contributed by atoms with van der Waals surface area (Å²) < 4.78 is 0.943. The molecule has 0 aromatic rings. The second-order valence-corrected chi connectivity index (χ2v) is 8.55. The monoisotopic (exact) mass is 372 g/mol. The Balaban J connectivity index is 3.12. The average Bonchev–Trinajstić information content (AvgIpc) is 2.57. The number of rotatable bonds is 20. The lowest BCUT2D eigenvalue weighted by Gasteiger charge is -2.28. The number of nitrogens with zero attached hydrogens (tertiary/aromatic N) is 1. The van der Waals surface area contributed by atoms with Crippen LogP contribution < -0.4 is 0 Å². The number of aliphatic carboxylic acids is 1. The van der Waals surface area contributed by atoms with E-state index in [0.717, 1.165) is 23.9 Å². The van der Waals surface area contributed by atoms with Crippen molar-refractivity contribution >= 4 is 5.97 Å². The minimum absolute atomic E-state index is 0.291. The highest BCUT2D eigenvalue weighted by Gasteiger charge is 2.12. The molecule has 0 bridgehead atoms. The van der Waals surface area contributed by atoms with Crippen LogP contribution in [0.4, 0.5) is 0 Å². The zero-order valence-corrected chi connectivity index (χ0v) is 17.7. The molecule has 0 aliphatic heterocycles. The molecule has 0 rings (SSSR count). The third-order valence-electron chi connectivity index (χ3n) is 5.36. The number of hydrogen-bond acceptors (Lipinski definition) is 2. The van der Waals surface area contributed by atoms with Crippen molar-refractivity contribution < 1.29 is 19.5 Å². The molecule has 0 aromatic heterocycles. The fourth-order valence-corrected chi connectivity index (χ4v) is 3.50. The normalized spacial score (nSPS) is 11.8. The van der Waals surface area contributed by atoms with E-state index in [1.54, 1.807) is 0 Å². The summed E-state index contributed by atoms with van der Waals surface area (Å²) in [6.45, 7) is 2.34. The van der Waals surface area contributed by atoms with Crippen molar-refractivity contribution in [3.05, 3.63) is 0 Å². The van der Waals surface area contributed by atoms with Crippen LogP contribution in [0.5, 0.6) is 0 Å². The number of carbonyl (C=O) groups is 1. The molecule has 0 saturated carbocycles. The van der Waals surface area contributed by atoms with Crippen LogP contribution in [0.15, 0.2) is 0 Å². The fourth-order valence-electron chi connectivity index (χ4n) is 3.50. The molecule has 0 aromatic carbocycles. The van der Waals surface area contributed by atoms with Gasteiger partial charge in [-0.1, -0.05) is 77.0 Å². The fraction of sp³-hybridized carbons (Fsp3) is 0.955. The first-order valence-corrected chi connectivity index (χ1v) is 11.1. The Morgan fingerprint density at radius 3 is 1.31 bits per heavy atom. The van der Waals surface area contributed by atoms with Gasteiger partial charge in [0.05, 0.1) is 27.2 Å². The third-order valence-corrected chi connectivity index (χ3v) is 5.36. The summed E-state index contributed by atoms with van der Waals surface area (Å²) >= 11 is 0. The summed E-state index contributed by atoms with van der Waals surface area (Å²) in [5.74, 6) is -0.661. The van der Waals surface area contributed by atoms with Crippen LogP contribution in [0.1, 0.15) is 103 Å². The Bertz CT molecular complexity index is 319. The largest absolute Gasteiger partial charge is 0.481 e. The van der Waals surface area contributed by atoms with Crippen molar-refractivity contribution in [2.75, 3.05) is 33.8 Å². The topological polar surface area (TPSA) is 57.5 Å². The van der Waals surface area contributed by atoms with E-state index in [0.29, 0.717) is 13.0 Å². The Morgan fingerprint density at radius 1 is 0.615 bits per heavy atom. The summed E-state index contributed by atoms with van der Waals surface area (Å²) in [6, 6.07) is 0. The van der Waals surface area contributed by atoms with Gasteiger partial charge in [0.2, 0.25) is 0 Å². The van der Waals surface area contributed by atoms with E-state index in [1.165, 1.54) is 90.0 Å². The molecule has 0 atom stereocenters. The molecule has 26 heavy (non-hydrogen) atoms. The van der Waals surface area contributed by atoms with Gasteiger partial charge < -0.3 is 14.7 Å². The number of carboxylic acids is 1. The Hall–Kier alpha value is -0.610. The van der Waals surface area contributed by atoms with Crippen molar-refractivity contribution in [3.8, 4) is 0 Å². The maximum atomic E-state index is 10.4. The van der Waals surface area contributed by atoms with E-state index in [9.17, 15) is 4.79 Å². The quantitative estimate of drug-likeness (QED) is 0.223. The van der Waals surface area contributed by atoms with Crippen molar-refractivity contribution in [2.24, 2.45) is 0 Å². The summed E-state index contributed by atoms with van der Waals surface area (Å²) in [7, 11) is 4.41. The molecule has 0 fully saturated rings. The molecule has 0 heterocycles. The summed E-state index contributed by atoms with van der Waals surface area (Å²) in [6.07, 6.45) is 19.7. The van der Waals surface area contributed by atoms with E-state index in [2.05, 4.69) is 14.1 Å². The zero-order valence-electron chi connectivity index (χ0n) is 17.7. The van der Waals surface area contributed by atoms with Gasteiger partial charge in [0, 0.05) is 6.42 Å². The molecule has 0 amide bonds. The number of unbranched alkanes of at least 4 members (excludes halogenated alkanes) is 14. The van der Waals surface area contributed by atoms with E-state index < -0.39 is 5.97 Å². The van der Waals surface area contributed by atoms with Crippen LogP contribution in [0, 0.1) is 0 Å². The van der Waals surface area contributed by atoms with Gasteiger partial charge in [-0.3, -0.25) is 4.79 Å². The summed E-state index contributed by atoms with van der Waals surface area (Å²) in [5, 5.41) is 17.6. The minimum Gasteiger partial charge on any atom is -0.481 e. The van der Waals surface area contributed by atoms with E-state index in [-0.39, 0.29) is 0 Å². The first-order chi connectivity index (χ1) is 12.5. The zero-order chi connectivity index (χ0) is 19.5. The van der Waals surface area contributed by atoms with Crippen LogP contribution in [-0.4, -0.2) is 54.5 Å². The lowest BCUT2D eigenvalue weighted by Crippen LogP contribution is -2.42. The van der Waals surface area contributed by atoms with Gasteiger partial charge in [0.15, 0.2) is 0 Å². The van der Waals surface area contributed by atoms with Crippen LogP contribution in [0.25, 0.3) is 0 Å². The average molecular weight is 373 g/mol. The number of carboxylic acid groups (broad SMARTS) is 1. The minimum atomic E-state index is -0.661. The standard InChI is InChI=1S/C22H45NO3/c1-23(2,20-21-24)19-17-15-13-11-9-7-5-3-4-6-8-10-12-14-16-18-22(25)26/h24H,3-21H2,1-2H3/p+1. The van der Waals surface area contributed by atoms with E-state index in [1.807, 2.05) is 0 Å². The van der Waals surface area contributed by atoms with Crippen LogP contribution in [-0.2, 0) is 4.79 Å². The van der Waals surface area contributed by atoms with Crippen LogP contribution >= 0.6 is 0 Å². The molecule has 0 unspecified atom stereocenters. The van der Waals surface area contributed by atoms with Gasteiger partial charge in [0.25, 0.3) is 0 Å². The molecule has 0 aliphatic rings. The van der Waals surface area contributed by atoms with Gasteiger partial charge in [-0.15, -0.1) is 0 Å². The Morgan fingerprint density at radius 2 is 0.962 bits per heavy atom. The molecule has 0 radical (unpaired) electrons. The first kappa shape index (κ1) is 25.4. The van der Waals surface area contributed by atoms with Crippen LogP contribution in [0.2, 0.25) is 0 Å². The lowest BCUT2D eigenvalue weighted by molar-refractivity contribution is -0.890. The highest BCUT2D eigenvalue weighted by Crippen LogP contribution is 2.14. The van der Waals surface area contributed by atoms with Crippen molar-refractivity contribution in [3.63, 3.8) is 0 Å². The second kappa shape index (κ2) is 17.8. The molecule has 2 N–H and O–H groups in total. The number of aliphatic hydroxyl groups is 1. The van der Waals surface area contributed by atoms with Crippen molar-refractivity contribution in [1.29, 1.82) is 0 Å². The summed E-state index contributed by atoms with van der Waals surface area (Å²) in [4.78, 5) is 10.4. The summed E-state index contributed by atoms with van der Waals surface area (Å²) in [5.41, 5.74) is 0. The third kappa shape index (κ3) is 19.7. The maximum absolute atomic E-state index is 10.4. The number of likely N-dealkylation sites (N-methyl/N-ethyl adjacent to an activating group) is 1. The van der Waals surface area contributed by atoms with E-state index in [4.69, 9.17) is 10.2 Å². The molecule has 0 saturated heterocycles. The molecular formula is C22H46NO3+. The van der Waals surface area contributed by atoms with Crippen LogP contribution in [0.3, 0.4) is 0 Å². The highest BCUT2D eigenvalue weighted by atomic mass is 16.4. The van der Waals surface area contributed by atoms with Crippen molar-refractivity contribution in [1.82, 2.24) is 0 Å². The van der Waals surface area contributed by atoms with Gasteiger partial charge in [-0.25, -0.2) is 0 Å². The lowest BCUT2D eigenvalue weighted by atomic mass is 10.0. The van der Waals surface area contributed by atoms with Gasteiger partial charge in [0.1, 0.15) is 6.54 Å². The molecule has 4 nitrogen and oxygen atoms in total. The predicted molar refractivity (Wildman–Crippen MR) is 110 cm³/mol. The number of aliphatic hydroxyl groups excluding tert-OH is 1. The SMILES string of the molecule is C[N+](C)(CCO)CCCCCCCCCCCCCCCCCC(=O)O. The van der Waals surface area contributed by atoms with Gasteiger partial charge in [-0.2, -0.15) is 0 Å². The van der Waals surface area contributed by atoms with Crippen molar-refractivity contribution in [2.45, 2.75) is 103 Å². The molecule has 156 valence electrons. The highest BCUT2D eigenvalue weighted by molar-refractivity contribution is 5.66. The number of hydrogen-bond donors (Lipinski definition) is 2. The molecule has 0 aliphatic carbocycles. The van der Waals surface area contributed by atoms with E-state index >= 15 is 0 Å². The molecule has 4 heteroatoms. The Labute approximate surface area is 162 Å². The number of quaternary nitrogens is 1. The second-order valence-electron chi connectivity index (χ2n) is 8.55. The first-order valence-electron chi connectivity index (χ1n) is 11.1. The van der Waals surface area contributed by atoms with Gasteiger partial charge >= 0.3 is 5.97 Å². The molecule has 0 spiro atoms. The molecular weight excluding hydrogens is 326 g/mol. The van der Waals surface area contributed by atoms with Gasteiger partial charge in [-0.05, 0) is 19.3 Å².